The maximum atomic E-state index is 7.79. The minimum atomic E-state index is -3.06. The smallest absolute Gasteiger partial charge is 0.220 e. The second-order valence-corrected chi connectivity index (χ2v) is 1.68. The van der Waals surface area contributed by atoms with Crippen molar-refractivity contribution in [3.8, 4) is 0 Å². The first kappa shape index (κ1) is 2.19. The van der Waals surface area contributed by atoms with Crippen LogP contribution in [0.1, 0.15) is 34.9 Å². The van der Waals surface area contributed by atoms with Gasteiger partial charge in [0.1, 0.15) is 0 Å². The molecule has 1 aromatic heterocycles. The van der Waals surface area contributed by atoms with Crippen LogP contribution in [0.5, 0.6) is 0 Å². The van der Waals surface area contributed by atoms with Crippen LogP contribution >= 0.6 is 0 Å². The Labute approximate surface area is 70.1 Å². The first-order valence-electron chi connectivity index (χ1n) is 6.09. The van der Waals surface area contributed by atoms with Crippen molar-refractivity contribution in [2.75, 3.05) is 5.73 Å². The summed E-state index contributed by atoms with van der Waals surface area (Å²) >= 11 is 0. The average Bonchev–Trinajstić information content (AvgIpc) is 2.12. The van der Waals surface area contributed by atoms with Gasteiger partial charge in [0.15, 0.2) is 0 Å². The van der Waals surface area contributed by atoms with Gasteiger partial charge in [-0.15, -0.1) is 0 Å². The van der Waals surface area contributed by atoms with Crippen LogP contribution < -0.4 is 5.73 Å². The van der Waals surface area contributed by atoms with Gasteiger partial charge in [-0.2, -0.15) is 0 Å². The summed E-state index contributed by atoms with van der Waals surface area (Å²) in [6.45, 7) is -6.11. The van der Waals surface area contributed by atoms with Crippen molar-refractivity contribution in [1.29, 1.82) is 0 Å². The summed E-state index contributed by atoms with van der Waals surface area (Å²) < 4.78 is 51.2. The van der Waals surface area contributed by atoms with E-state index in [1.165, 1.54) is 0 Å². The molecule has 0 amide bonds. The number of hydrogen-bond acceptors (Lipinski definition) is 3. The zero-order valence-corrected chi connectivity index (χ0v) is 5.13. The van der Waals surface area contributed by atoms with Gasteiger partial charge in [0, 0.05) is 21.5 Å². The Morgan fingerprint density at radius 2 is 2.60 bits per heavy atom. The molecule has 0 radical (unpaired) electrons. The van der Waals surface area contributed by atoms with Gasteiger partial charge >= 0.3 is 0 Å². The first-order valence-corrected chi connectivity index (χ1v) is 2.59. The monoisotopic (exact) mass is 144 g/mol. The number of nitrogens with zero attached hydrogens (tertiary/aromatic N) is 2. The lowest BCUT2D eigenvalue weighted by molar-refractivity contribution is 0.818. The lowest BCUT2D eigenvalue weighted by atomic mass is 10.1. The molecule has 3 heteroatoms. The van der Waals surface area contributed by atoms with Gasteiger partial charge in [-0.1, -0.05) is 13.7 Å². The van der Waals surface area contributed by atoms with E-state index in [0.717, 1.165) is 12.3 Å². The molecule has 1 rings (SSSR count). The fourth-order valence-electron chi connectivity index (χ4n) is 0.513. The average molecular weight is 144 g/mol. The maximum Gasteiger partial charge on any atom is 0.220 e. The van der Waals surface area contributed by atoms with Gasteiger partial charge in [0.2, 0.25) is 5.95 Å². The van der Waals surface area contributed by atoms with Crippen LogP contribution in [0.3, 0.4) is 0 Å². The lowest BCUT2D eigenvalue weighted by Gasteiger charge is -2.02. The number of nitrogen functional groups attached to an aromatic ring is 1. The van der Waals surface area contributed by atoms with Gasteiger partial charge in [0.05, 0.1) is 0 Å². The van der Waals surface area contributed by atoms with Gasteiger partial charge in [-0.3, -0.25) is 0 Å². The van der Waals surface area contributed by atoms with E-state index in [4.69, 9.17) is 15.3 Å². The van der Waals surface area contributed by atoms with Crippen molar-refractivity contribution >= 4 is 5.95 Å². The quantitative estimate of drug-likeness (QED) is 0.644. The van der Waals surface area contributed by atoms with Crippen LogP contribution in [0.25, 0.3) is 0 Å². The molecule has 0 saturated heterocycles. The summed E-state index contributed by atoms with van der Waals surface area (Å²) in [5.41, 5.74) is 4.83. The van der Waals surface area contributed by atoms with Crippen molar-refractivity contribution in [3.05, 3.63) is 18.0 Å². The predicted molar refractivity (Wildman–Crippen MR) is 40.5 cm³/mol. The maximum absolute atomic E-state index is 7.79. The Balaban J connectivity index is 3.46. The molecule has 0 bridgehead atoms. The third-order valence-electron chi connectivity index (χ3n) is 0.930. The Morgan fingerprint density at radius 1 is 1.80 bits per heavy atom. The van der Waals surface area contributed by atoms with Crippen molar-refractivity contribution in [2.45, 2.75) is 19.6 Å². The minimum Gasteiger partial charge on any atom is -0.368 e. The van der Waals surface area contributed by atoms with Crippen LogP contribution in [-0.2, 0) is 0 Å². The summed E-state index contributed by atoms with van der Waals surface area (Å²) in [5, 5.41) is 0. The van der Waals surface area contributed by atoms with Crippen LogP contribution in [0.2, 0.25) is 0 Å². The molecule has 1 aromatic rings. The van der Waals surface area contributed by atoms with Gasteiger partial charge in [-0.25, -0.2) is 9.97 Å². The molecular weight excluding hydrogens is 126 g/mol. The molecule has 0 aromatic carbocycles. The largest absolute Gasteiger partial charge is 0.368 e. The highest BCUT2D eigenvalue weighted by Gasteiger charge is 1.99. The van der Waals surface area contributed by atoms with E-state index in [-0.39, 0.29) is 5.95 Å². The lowest BCUT2D eigenvalue weighted by Crippen LogP contribution is -1.98. The highest BCUT2D eigenvalue weighted by molar-refractivity contribution is 5.18. The summed E-state index contributed by atoms with van der Waals surface area (Å²) in [6.07, 6.45) is 1.12. The van der Waals surface area contributed by atoms with E-state index in [1.54, 1.807) is 0 Å². The van der Waals surface area contributed by atoms with Crippen molar-refractivity contribution in [2.24, 2.45) is 0 Å². The zero-order chi connectivity index (χ0) is 13.5. The van der Waals surface area contributed by atoms with Gasteiger partial charge < -0.3 is 5.73 Å². The highest BCUT2D eigenvalue weighted by atomic mass is 15.0. The third kappa shape index (κ3) is 1.43. The first-order chi connectivity index (χ1) is 7.50. The van der Waals surface area contributed by atoms with Crippen LogP contribution in [0.15, 0.2) is 12.3 Å². The Bertz CT molecular complexity index is 397. The number of hydrogen-bond donors (Lipinski definition) is 1. The fourth-order valence-corrected chi connectivity index (χ4v) is 0.513. The second kappa shape index (κ2) is 2.64. The second-order valence-electron chi connectivity index (χ2n) is 1.68. The number of anilines is 1. The highest BCUT2D eigenvalue weighted by Crippen LogP contribution is 2.09. The minimum absolute atomic E-state index is 0.271. The Hall–Kier alpha value is -1.12. The van der Waals surface area contributed by atoms with Crippen molar-refractivity contribution in [1.82, 2.24) is 9.97 Å². The van der Waals surface area contributed by atoms with Crippen LogP contribution in [0.4, 0.5) is 5.95 Å². The van der Waals surface area contributed by atoms with Crippen molar-refractivity contribution < 1.29 is 9.60 Å². The molecule has 0 aliphatic carbocycles. The molecule has 10 heavy (non-hydrogen) atoms. The topological polar surface area (TPSA) is 51.8 Å². The molecule has 0 spiro atoms. The normalized spacial score (nSPS) is 24.2. The molecule has 0 aliphatic rings. The van der Waals surface area contributed by atoms with E-state index in [9.17, 15) is 0 Å². The zero-order valence-electron chi connectivity index (χ0n) is 12.1. The summed E-state index contributed by atoms with van der Waals surface area (Å²) in [4.78, 5) is 7.07. The predicted octanol–water partition coefficient (Wildman–Crippen LogP) is 1.18. The van der Waals surface area contributed by atoms with E-state index >= 15 is 0 Å². The SMILES string of the molecule is [2H]C([2H])([2H])C([2H])(c1ccnc(N)n1)C([2H])([2H])[2H]. The van der Waals surface area contributed by atoms with Gasteiger partial charge in [-0.05, 0) is 12.0 Å². The summed E-state index contributed by atoms with van der Waals surface area (Å²) in [5.74, 6) is -3.09. The Morgan fingerprint density at radius 3 is 3.20 bits per heavy atom. The molecule has 54 valence electrons. The molecule has 1 heterocycles. The van der Waals surface area contributed by atoms with Crippen LogP contribution in [-0.4, -0.2) is 9.97 Å². The molecule has 3 nitrogen and oxygen atoms in total. The fraction of sp³-hybridized carbons (Fsp3) is 0.429. The van der Waals surface area contributed by atoms with Crippen LogP contribution in [0, 0.1) is 0 Å². The van der Waals surface area contributed by atoms with E-state index in [0.29, 0.717) is 0 Å². The Kier molecular flexibility index (Phi) is 0.578. The third-order valence-corrected chi connectivity index (χ3v) is 0.930. The number of rotatable bonds is 1. The number of nitrogens with two attached hydrogens (primary N) is 1. The van der Waals surface area contributed by atoms with Gasteiger partial charge in [0.25, 0.3) is 0 Å². The molecule has 2 N–H and O–H groups in total. The van der Waals surface area contributed by atoms with Crippen molar-refractivity contribution in [3.63, 3.8) is 0 Å². The van der Waals surface area contributed by atoms with E-state index < -0.39 is 25.3 Å². The molecule has 0 atom stereocenters. The van der Waals surface area contributed by atoms with E-state index in [1.807, 2.05) is 0 Å². The molecule has 0 saturated carbocycles. The molecule has 0 fully saturated rings. The molecule has 0 unspecified atom stereocenters. The summed E-state index contributed by atoms with van der Waals surface area (Å²) in [7, 11) is 0. The molecular formula is C7H11N3. The summed E-state index contributed by atoms with van der Waals surface area (Å²) in [6, 6.07) is 1.07. The van der Waals surface area contributed by atoms with E-state index in [2.05, 4.69) is 9.97 Å². The standard InChI is InChI=1S/C7H11N3/c1-5(2)6-3-4-9-7(8)10-6/h3-5H,1-2H3,(H2,8,9,10)/i1D3,2D3,5D. The molecule has 0 aliphatic heterocycles. The number of aromatic nitrogens is 2.